The van der Waals surface area contributed by atoms with E-state index in [1.807, 2.05) is 0 Å². The van der Waals surface area contributed by atoms with Crippen LogP contribution in [-0.2, 0) is 9.53 Å². The summed E-state index contributed by atoms with van der Waals surface area (Å²) in [4.78, 5) is 20.5. The summed E-state index contributed by atoms with van der Waals surface area (Å²) in [6.07, 6.45) is 7.68. The summed E-state index contributed by atoms with van der Waals surface area (Å²) in [6, 6.07) is 0. The molecule has 10 nitrogen and oxygen atoms in total. The first-order valence-electron chi connectivity index (χ1n) is 12.6. The van der Waals surface area contributed by atoms with Gasteiger partial charge in [-0.25, -0.2) is 9.97 Å². The smallest absolute Gasteiger partial charge is 0.307 e. The molecule has 0 fully saturated rings. The molecule has 0 aliphatic heterocycles. The first kappa shape index (κ1) is 29.0. The lowest BCUT2D eigenvalue weighted by Gasteiger charge is -2.21. The van der Waals surface area contributed by atoms with E-state index in [-0.39, 0.29) is 30.2 Å². The minimum atomic E-state index is -1.42. The van der Waals surface area contributed by atoms with Crippen molar-refractivity contribution in [3.8, 4) is 0 Å². The Morgan fingerprint density at radius 3 is 2.26 bits per heavy atom. The first-order chi connectivity index (χ1) is 16.8. The maximum absolute atomic E-state index is 12.5. The third-order valence-electron chi connectivity index (χ3n) is 5.90. The van der Waals surface area contributed by atoms with Crippen LogP contribution in [-0.4, -0.2) is 54.7 Å². The largest absolute Gasteiger partial charge is 0.445 e. The van der Waals surface area contributed by atoms with Crippen molar-refractivity contribution in [2.75, 3.05) is 0 Å². The van der Waals surface area contributed by atoms with Gasteiger partial charge in [-0.1, -0.05) is 58.3 Å². The predicted molar refractivity (Wildman–Crippen MR) is 126 cm³/mol. The molecule has 35 heavy (non-hydrogen) atoms. The molecule has 4 N–H and O–H groups in total. The molecule has 5 atom stereocenters. The van der Waals surface area contributed by atoms with Crippen molar-refractivity contribution >= 4 is 5.97 Å². The van der Waals surface area contributed by atoms with Crippen molar-refractivity contribution in [1.82, 2.24) is 9.97 Å². The molecule has 2 rings (SSSR count). The van der Waals surface area contributed by atoms with E-state index in [1.54, 1.807) is 0 Å². The number of oxazole rings is 2. The number of aliphatic hydroxyl groups is 4. The summed E-state index contributed by atoms with van der Waals surface area (Å²) >= 11 is 0. The Morgan fingerprint density at radius 1 is 1.00 bits per heavy atom. The van der Waals surface area contributed by atoms with Crippen LogP contribution in [0.1, 0.15) is 114 Å². The van der Waals surface area contributed by atoms with Gasteiger partial charge in [0.1, 0.15) is 24.2 Å². The van der Waals surface area contributed by atoms with E-state index in [4.69, 9.17) is 13.6 Å². The van der Waals surface area contributed by atoms with Crippen LogP contribution in [0, 0.1) is 0 Å². The van der Waals surface area contributed by atoms with Crippen LogP contribution >= 0.6 is 0 Å². The molecule has 2 heterocycles. The molecule has 0 radical (unpaired) electrons. The van der Waals surface area contributed by atoms with E-state index >= 15 is 0 Å². The molecule has 198 valence electrons. The highest BCUT2D eigenvalue weighted by molar-refractivity contribution is 5.69. The number of esters is 1. The average molecular weight is 497 g/mol. The van der Waals surface area contributed by atoms with E-state index in [1.165, 1.54) is 64.3 Å². The number of hydrogen-bond donors (Lipinski definition) is 4. The standard InChI is InChI=1S/C25H40N2O8/c1-3-4-5-6-7-8-9-10-11-12-22(31)35-24(21-14-26-16-34-21)25-27-18(15-33-25)19(29)13-20(30)23(32)17(2)28/h14-17,19-20,23-24,28-30,32H,3-13H2,1-2H3. The van der Waals surface area contributed by atoms with Gasteiger partial charge in [0, 0.05) is 12.8 Å². The van der Waals surface area contributed by atoms with Gasteiger partial charge in [0.05, 0.1) is 18.4 Å². The van der Waals surface area contributed by atoms with Crippen molar-refractivity contribution in [3.05, 3.63) is 36.2 Å². The zero-order chi connectivity index (χ0) is 25.6. The molecule has 0 aromatic carbocycles. The SMILES string of the molecule is CCCCCCCCCCCC(=O)OC(c1cnco1)c1nc(C(O)CC(O)C(O)C(C)O)co1. The molecule has 0 amide bonds. The van der Waals surface area contributed by atoms with Gasteiger partial charge in [-0.3, -0.25) is 4.79 Å². The number of aromatic nitrogens is 2. The first-order valence-corrected chi connectivity index (χ1v) is 12.6. The summed E-state index contributed by atoms with van der Waals surface area (Å²) < 4.78 is 16.3. The zero-order valence-electron chi connectivity index (χ0n) is 20.7. The average Bonchev–Trinajstić information content (AvgIpc) is 3.53. The molecule has 5 unspecified atom stereocenters. The number of rotatable bonds is 18. The van der Waals surface area contributed by atoms with Crippen LogP contribution in [0.5, 0.6) is 0 Å². The number of aliphatic hydroxyl groups excluding tert-OH is 4. The lowest BCUT2D eigenvalue weighted by molar-refractivity contribution is -0.149. The summed E-state index contributed by atoms with van der Waals surface area (Å²) in [7, 11) is 0. The highest BCUT2D eigenvalue weighted by Gasteiger charge is 2.30. The fourth-order valence-electron chi connectivity index (χ4n) is 3.74. The molecular formula is C25H40N2O8. The summed E-state index contributed by atoms with van der Waals surface area (Å²) in [6.45, 7) is 3.54. The van der Waals surface area contributed by atoms with Gasteiger partial charge in [0.15, 0.2) is 12.2 Å². The van der Waals surface area contributed by atoms with Gasteiger partial charge in [-0.15, -0.1) is 0 Å². The van der Waals surface area contributed by atoms with Gasteiger partial charge < -0.3 is 34.0 Å². The van der Waals surface area contributed by atoms with Crippen molar-refractivity contribution in [2.45, 2.75) is 115 Å². The predicted octanol–water partition coefficient (Wildman–Crippen LogP) is 3.74. The van der Waals surface area contributed by atoms with Crippen molar-refractivity contribution in [2.24, 2.45) is 0 Å². The number of unbranched alkanes of at least 4 members (excludes halogenated alkanes) is 8. The number of ether oxygens (including phenoxy) is 1. The second kappa shape index (κ2) is 15.7. The normalized spacial score (nSPS) is 15.9. The molecule has 10 heteroatoms. The molecule has 2 aromatic rings. The van der Waals surface area contributed by atoms with Crippen LogP contribution in [0.25, 0.3) is 0 Å². The highest BCUT2D eigenvalue weighted by Crippen LogP contribution is 2.29. The number of nitrogens with zero attached hydrogens (tertiary/aromatic N) is 2. The Hall–Kier alpha value is -2.27. The quantitative estimate of drug-likeness (QED) is 0.177. The fraction of sp³-hybridized carbons (Fsp3) is 0.720. The Balaban J connectivity index is 1.87. The Kier molecular flexibility index (Phi) is 13.0. The maximum atomic E-state index is 12.5. The van der Waals surface area contributed by atoms with Gasteiger partial charge in [-0.05, 0) is 13.3 Å². The minimum Gasteiger partial charge on any atom is -0.445 e. The van der Waals surface area contributed by atoms with E-state index in [2.05, 4.69) is 16.9 Å². The van der Waals surface area contributed by atoms with Gasteiger partial charge in [-0.2, -0.15) is 0 Å². The highest BCUT2D eigenvalue weighted by atomic mass is 16.6. The van der Waals surface area contributed by atoms with Crippen LogP contribution in [0.4, 0.5) is 0 Å². The van der Waals surface area contributed by atoms with E-state index in [0.29, 0.717) is 0 Å². The summed E-state index contributed by atoms with van der Waals surface area (Å²) in [5.41, 5.74) is 0.0799. The van der Waals surface area contributed by atoms with Crippen LogP contribution in [0.2, 0.25) is 0 Å². The second-order valence-electron chi connectivity index (χ2n) is 9.01. The third-order valence-corrected chi connectivity index (χ3v) is 5.90. The van der Waals surface area contributed by atoms with Crippen LogP contribution in [0.15, 0.2) is 27.7 Å². The molecule has 0 aliphatic rings. The number of carbonyl (C=O) groups is 1. The number of hydrogen-bond acceptors (Lipinski definition) is 10. The molecule has 0 saturated carbocycles. The summed E-state index contributed by atoms with van der Waals surface area (Å²) in [5.74, 6) is -0.218. The van der Waals surface area contributed by atoms with Crippen molar-refractivity contribution < 1.29 is 38.8 Å². The molecule has 0 spiro atoms. The second-order valence-corrected chi connectivity index (χ2v) is 9.01. The Morgan fingerprint density at radius 2 is 1.66 bits per heavy atom. The summed E-state index contributed by atoms with van der Waals surface area (Å²) in [5, 5.41) is 39.5. The van der Waals surface area contributed by atoms with Crippen molar-refractivity contribution in [3.63, 3.8) is 0 Å². The molecule has 0 aliphatic carbocycles. The molecule has 0 saturated heterocycles. The Bertz CT molecular complexity index is 823. The topological polar surface area (TPSA) is 159 Å². The monoisotopic (exact) mass is 496 g/mol. The van der Waals surface area contributed by atoms with Gasteiger partial charge in [0.2, 0.25) is 12.0 Å². The third kappa shape index (κ3) is 10.1. The van der Waals surface area contributed by atoms with E-state index in [0.717, 1.165) is 19.3 Å². The fourth-order valence-corrected chi connectivity index (χ4v) is 3.74. The van der Waals surface area contributed by atoms with Crippen LogP contribution in [0.3, 0.4) is 0 Å². The van der Waals surface area contributed by atoms with E-state index < -0.39 is 36.5 Å². The molecule has 2 aromatic heterocycles. The van der Waals surface area contributed by atoms with Crippen molar-refractivity contribution in [1.29, 1.82) is 0 Å². The lowest BCUT2D eigenvalue weighted by Crippen LogP contribution is -2.36. The molecule has 0 bridgehead atoms. The van der Waals surface area contributed by atoms with E-state index in [9.17, 15) is 25.2 Å². The van der Waals surface area contributed by atoms with Crippen LogP contribution < -0.4 is 0 Å². The minimum absolute atomic E-state index is 0.0122. The maximum Gasteiger partial charge on any atom is 0.307 e. The lowest BCUT2D eigenvalue weighted by atomic mass is 10.0. The van der Waals surface area contributed by atoms with Gasteiger partial charge >= 0.3 is 5.97 Å². The molecular weight excluding hydrogens is 456 g/mol. The zero-order valence-corrected chi connectivity index (χ0v) is 20.7. The van der Waals surface area contributed by atoms with Gasteiger partial charge in [0.25, 0.3) is 0 Å². The number of carbonyl (C=O) groups excluding carboxylic acids is 1. The Labute approximate surface area is 206 Å².